The summed E-state index contributed by atoms with van der Waals surface area (Å²) in [6.45, 7) is 1.78. The number of nitrogens with one attached hydrogen (secondary N) is 2. The molecule has 3 aromatic rings. The maximum atomic E-state index is 11.9. The molecule has 0 saturated carbocycles. The van der Waals surface area contributed by atoms with Gasteiger partial charge in [-0.05, 0) is 36.8 Å². The van der Waals surface area contributed by atoms with E-state index in [-0.39, 0.29) is 6.03 Å². The summed E-state index contributed by atoms with van der Waals surface area (Å²) in [5.41, 5.74) is 1.70. The summed E-state index contributed by atoms with van der Waals surface area (Å²) in [4.78, 5) is 20.1. The molecule has 0 aliphatic carbocycles. The van der Waals surface area contributed by atoms with E-state index in [4.69, 9.17) is 4.52 Å². The molecule has 2 heterocycles. The van der Waals surface area contributed by atoms with Gasteiger partial charge in [0.05, 0.1) is 6.42 Å². The molecule has 23 heavy (non-hydrogen) atoms. The number of nitrogens with zero attached hydrogens (tertiary/aromatic N) is 3. The third-order valence-electron chi connectivity index (χ3n) is 3.04. The third-order valence-corrected chi connectivity index (χ3v) is 3.04. The van der Waals surface area contributed by atoms with Gasteiger partial charge in [-0.2, -0.15) is 4.98 Å². The lowest BCUT2D eigenvalue weighted by atomic mass is 10.1. The number of amides is 2. The van der Waals surface area contributed by atoms with Gasteiger partial charge in [0.1, 0.15) is 5.82 Å². The summed E-state index contributed by atoms with van der Waals surface area (Å²) in [5, 5.41) is 9.15. The molecule has 0 saturated heterocycles. The highest BCUT2D eigenvalue weighted by Crippen LogP contribution is 2.13. The quantitative estimate of drug-likeness (QED) is 0.772. The highest BCUT2D eigenvalue weighted by molar-refractivity contribution is 5.99. The zero-order valence-electron chi connectivity index (χ0n) is 12.5. The number of carbonyl (C=O) groups is 1. The fourth-order valence-corrected chi connectivity index (χ4v) is 2.01. The van der Waals surface area contributed by atoms with Crippen LogP contribution in [0.4, 0.5) is 16.3 Å². The van der Waals surface area contributed by atoms with Gasteiger partial charge in [0.25, 0.3) is 0 Å². The highest BCUT2D eigenvalue weighted by atomic mass is 16.5. The number of aromatic nitrogens is 3. The van der Waals surface area contributed by atoms with E-state index in [1.54, 1.807) is 31.3 Å². The molecule has 1 aromatic carbocycles. The summed E-state index contributed by atoms with van der Waals surface area (Å²) in [7, 11) is 0. The fraction of sp³-hybridized carbons (Fsp3) is 0.125. The van der Waals surface area contributed by atoms with Crippen molar-refractivity contribution < 1.29 is 9.32 Å². The van der Waals surface area contributed by atoms with E-state index in [2.05, 4.69) is 25.8 Å². The zero-order valence-corrected chi connectivity index (χ0v) is 12.5. The molecule has 7 heteroatoms. The Bertz CT molecular complexity index is 784. The Hall–Kier alpha value is -3.22. The molecule has 2 N–H and O–H groups in total. The Labute approximate surface area is 132 Å². The number of aryl methyl sites for hydroxylation is 1. The van der Waals surface area contributed by atoms with Gasteiger partial charge in [-0.25, -0.2) is 9.78 Å². The Balaban J connectivity index is 1.57. The van der Waals surface area contributed by atoms with Crippen LogP contribution in [0, 0.1) is 6.92 Å². The number of carbonyl (C=O) groups excluding carboxylic acids is 1. The lowest BCUT2D eigenvalue weighted by molar-refractivity contribution is 0.262. The molecule has 0 spiro atoms. The summed E-state index contributed by atoms with van der Waals surface area (Å²) in [6.07, 6.45) is 2.17. The van der Waals surface area contributed by atoms with Gasteiger partial charge in [0.15, 0.2) is 5.82 Å². The maximum Gasteiger partial charge on any atom is 0.324 e. The van der Waals surface area contributed by atoms with Crippen LogP contribution in [0.15, 0.2) is 53.2 Å². The minimum Gasteiger partial charge on any atom is -0.339 e. The van der Waals surface area contributed by atoms with Gasteiger partial charge in [0.2, 0.25) is 5.89 Å². The molecule has 0 unspecified atom stereocenters. The number of pyridine rings is 1. The van der Waals surface area contributed by atoms with E-state index in [0.717, 1.165) is 5.56 Å². The Kier molecular flexibility index (Phi) is 4.28. The van der Waals surface area contributed by atoms with Gasteiger partial charge in [-0.15, -0.1) is 0 Å². The molecule has 3 rings (SSSR count). The molecular formula is C16H15N5O2. The Morgan fingerprint density at radius 1 is 1.13 bits per heavy atom. The van der Waals surface area contributed by atoms with Crippen LogP contribution in [0.2, 0.25) is 0 Å². The smallest absolute Gasteiger partial charge is 0.324 e. The molecule has 0 fully saturated rings. The van der Waals surface area contributed by atoms with Crippen LogP contribution < -0.4 is 10.6 Å². The van der Waals surface area contributed by atoms with Crippen LogP contribution in [-0.2, 0) is 6.42 Å². The van der Waals surface area contributed by atoms with Crippen LogP contribution in [0.3, 0.4) is 0 Å². The van der Waals surface area contributed by atoms with Gasteiger partial charge in [0, 0.05) is 11.9 Å². The lowest BCUT2D eigenvalue weighted by Crippen LogP contribution is -2.19. The van der Waals surface area contributed by atoms with Crippen molar-refractivity contribution in [3.63, 3.8) is 0 Å². The van der Waals surface area contributed by atoms with E-state index < -0.39 is 0 Å². The monoisotopic (exact) mass is 309 g/mol. The standard InChI is InChI=1S/C16H15N5O2/c1-11-18-15(23-21-11)10-12-5-7-13(8-6-12)19-16(22)20-14-4-2-3-9-17-14/h2-9H,10H2,1H3,(H2,17,19,20,22). The zero-order chi connectivity index (χ0) is 16.1. The second-order valence-corrected chi connectivity index (χ2v) is 4.90. The van der Waals surface area contributed by atoms with Crippen molar-refractivity contribution in [2.24, 2.45) is 0 Å². The van der Waals surface area contributed by atoms with Crippen LogP contribution >= 0.6 is 0 Å². The minimum absolute atomic E-state index is 0.344. The maximum absolute atomic E-state index is 11.9. The molecule has 116 valence electrons. The molecule has 2 aromatic heterocycles. The predicted octanol–water partition coefficient (Wildman–Crippen LogP) is 3.01. The van der Waals surface area contributed by atoms with Crippen molar-refractivity contribution in [1.82, 2.24) is 15.1 Å². The van der Waals surface area contributed by atoms with Gasteiger partial charge >= 0.3 is 6.03 Å². The molecule has 2 amide bonds. The van der Waals surface area contributed by atoms with Crippen molar-refractivity contribution in [3.8, 4) is 0 Å². The van der Waals surface area contributed by atoms with Crippen molar-refractivity contribution in [1.29, 1.82) is 0 Å². The van der Waals surface area contributed by atoms with E-state index in [0.29, 0.717) is 29.6 Å². The third kappa shape index (κ3) is 4.13. The SMILES string of the molecule is Cc1noc(Cc2ccc(NC(=O)Nc3ccccn3)cc2)n1. The van der Waals surface area contributed by atoms with Crippen LogP contribution in [0.1, 0.15) is 17.3 Å². The first kappa shape index (κ1) is 14.7. The van der Waals surface area contributed by atoms with Crippen LogP contribution in [0.5, 0.6) is 0 Å². The van der Waals surface area contributed by atoms with Gasteiger partial charge in [-0.3, -0.25) is 5.32 Å². The summed E-state index contributed by atoms with van der Waals surface area (Å²) in [5.74, 6) is 1.67. The minimum atomic E-state index is -0.344. The summed E-state index contributed by atoms with van der Waals surface area (Å²) in [6, 6.07) is 12.4. The molecule has 0 bridgehead atoms. The average molecular weight is 309 g/mol. The van der Waals surface area contributed by atoms with Crippen LogP contribution in [0.25, 0.3) is 0 Å². The summed E-state index contributed by atoms with van der Waals surface area (Å²) >= 11 is 0. The highest BCUT2D eigenvalue weighted by Gasteiger charge is 2.06. The number of urea groups is 1. The fourth-order valence-electron chi connectivity index (χ4n) is 2.01. The number of hydrogen-bond acceptors (Lipinski definition) is 5. The largest absolute Gasteiger partial charge is 0.339 e. The number of benzene rings is 1. The van der Waals surface area contributed by atoms with E-state index in [9.17, 15) is 4.79 Å². The molecule has 0 aliphatic heterocycles. The van der Waals surface area contributed by atoms with Gasteiger partial charge in [-0.1, -0.05) is 23.4 Å². The molecule has 0 atom stereocenters. The van der Waals surface area contributed by atoms with Gasteiger partial charge < -0.3 is 9.84 Å². The van der Waals surface area contributed by atoms with E-state index in [1.807, 2.05) is 24.3 Å². The second-order valence-electron chi connectivity index (χ2n) is 4.90. The Morgan fingerprint density at radius 2 is 1.96 bits per heavy atom. The summed E-state index contributed by atoms with van der Waals surface area (Å²) < 4.78 is 5.08. The second kappa shape index (κ2) is 6.69. The van der Waals surface area contributed by atoms with Crippen molar-refractivity contribution in [2.75, 3.05) is 10.6 Å². The van der Waals surface area contributed by atoms with Crippen molar-refractivity contribution in [3.05, 3.63) is 65.9 Å². The number of hydrogen-bond donors (Lipinski definition) is 2. The predicted molar refractivity (Wildman–Crippen MR) is 85.2 cm³/mol. The number of anilines is 2. The van der Waals surface area contributed by atoms with E-state index >= 15 is 0 Å². The molecule has 0 aliphatic rings. The number of rotatable bonds is 4. The van der Waals surface area contributed by atoms with E-state index in [1.165, 1.54) is 0 Å². The topological polar surface area (TPSA) is 92.9 Å². The first-order valence-corrected chi connectivity index (χ1v) is 7.06. The van der Waals surface area contributed by atoms with Crippen LogP contribution in [-0.4, -0.2) is 21.2 Å². The van der Waals surface area contributed by atoms with Crippen molar-refractivity contribution >= 4 is 17.5 Å². The lowest BCUT2D eigenvalue weighted by Gasteiger charge is -2.07. The van der Waals surface area contributed by atoms with Crippen molar-refractivity contribution in [2.45, 2.75) is 13.3 Å². The molecular weight excluding hydrogens is 294 g/mol. The first-order chi connectivity index (χ1) is 11.2. The molecule has 7 nitrogen and oxygen atoms in total. The normalized spacial score (nSPS) is 10.3. The Morgan fingerprint density at radius 3 is 2.61 bits per heavy atom. The first-order valence-electron chi connectivity index (χ1n) is 7.06. The molecule has 0 radical (unpaired) electrons. The average Bonchev–Trinajstić information content (AvgIpc) is 2.95.